The van der Waals surface area contributed by atoms with Gasteiger partial charge in [-0.25, -0.2) is 9.97 Å². The second kappa shape index (κ2) is 7.65. The summed E-state index contributed by atoms with van der Waals surface area (Å²) >= 11 is 1.74. The minimum absolute atomic E-state index is 0.481. The van der Waals surface area contributed by atoms with E-state index in [1.54, 1.807) is 18.4 Å². The first-order valence-corrected chi connectivity index (χ1v) is 8.42. The predicted octanol–water partition coefficient (Wildman–Crippen LogP) is 3.53. The maximum Gasteiger partial charge on any atom is 0.159 e. The minimum Gasteiger partial charge on any atom is -0.495 e. The van der Waals surface area contributed by atoms with Crippen LogP contribution in [0.5, 0.6) is 5.75 Å². The number of ether oxygens (including phenoxy) is 1. The molecule has 0 unspecified atom stereocenters. The van der Waals surface area contributed by atoms with Gasteiger partial charge in [-0.05, 0) is 30.0 Å². The van der Waals surface area contributed by atoms with E-state index in [1.807, 2.05) is 30.3 Å². The number of nitrogens with zero attached hydrogens (tertiary/aromatic N) is 2. The number of benzene rings is 1. The molecule has 0 fully saturated rings. The largest absolute Gasteiger partial charge is 0.495 e. The Balaban J connectivity index is 1.70. The standard InChI is InChI=1S/C17H19N5OS/c1-23-14-7-3-2-6-13(14)22-17-15(18)16(20-11-21-17)19-9-8-12-5-4-10-24-12/h2-7,10-11H,8-9,18H2,1H3,(H2,19,20,21,22). The quantitative estimate of drug-likeness (QED) is 0.610. The summed E-state index contributed by atoms with van der Waals surface area (Å²) in [5.74, 6) is 1.90. The molecule has 0 spiro atoms. The second-order valence-corrected chi connectivity index (χ2v) is 6.10. The van der Waals surface area contributed by atoms with E-state index in [-0.39, 0.29) is 0 Å². The highest BCUT2D eigenvalue weighted by Crippen LogP contribution is 2.30. The zero-order valence-electron chi connectivity index (χ0n) is 13.3. The number of nitrogens with one attached hydrogen (secondary N) is 2. The van der Waals surface area contributed by atoms with Crippen LogP contribution in [0.2, 0.25) is 0 Å². The molecule has 0 bridgehead atoms. The van der Waals surface area contributed by atoms with Crippen molar-refractivity contribution in [3.8, 4) is 5.75 Å². The van der Waals surface area contributed by atoms with Crippen molar-refractivity contribution in [3.05, 3.63) is 53.0 Å². The molecule has 0 aliphatic carbocycles. The summed E-state index contributed by atoms with van der Waals surface area (Å²) in [6.45, 7) is 0.760. The van der Waals surface area contributed by atoms with E-state index in [1.165, 1.54) is 11.2 Å². The van der Waals surface area contributed by atoms with E-state index in [4.69, 9.17) is 10.5 Å². The molecule has 0 amide bonds. The molecule has 7 heteroatoms. The van der Waals surface area contributed by atoms with Crippen molar-refractivity contribution in [2.24, 2.45) is 0 Å². The van der Waals surface area contributed by atoms with E-state index in [9.17, 15) is 0 Å². The van der Waals surface area contributed by atoms with Crippen LogP contribution < -0.4 is 21.1 Å². The van der Waals surface area contributed by atoms with Gasteiger partial charge in [-0.15, -0.1) is 11.3 Å². The van der Waals surface area contributed by atoms with Crippen LogP contribution in [-0.4, -0.2) is 23.6 Å². The highest BCUT2D eigenvalue weighted by atomic mass is 32.1. The van der Waals surface area contributed by atoms with Gasteiger partial charge in [0.15, 0.2) is 11.6 Å². The lowest BCUT2D eigenvalue weighted by Crippen LogP contribution is -2.10. The van der Waals surface area contributed by atoms with Crippen molar-refractivity contribution in [2.75, 3.05) is 30.0 Å². The molecule has 3 rings (SSSR count). The van der Waals surface area contributed by atoms with Gasteiger partial charge in [-0.3, -0.25) is 0 Å². The molecule has 2 heterocycles. The lowest BCUT2D eigenvalue weighted by Gasteiger charge is -2.14. The third-order valence-electron chi connectivity index (χ3n) is 3.49. The average molecular weight is 341 g/mol. The number of hydrogen-bond donors (Lipinski definition) is 3. The molecule has 3 aromatic rings. The van der Waals surface area contributed by atoms with Crippen LogP contribution in [0, 0.1) is 0 Å². The Morgan fingerprint density at radius 1 is 1.12 bits per heavy atom. The molecule has 24 heavy (non-hydrogen) atoms. The molecular formula is C17H19N5OS. The summed E-state index contributed by atoms with van der Waals surface area (Å²) in [7, 11) is 1.63. The third kappa shape index (κ3) is 3.75. The van der Waals surface area contributed by atoms with Gasteiger partial charge < -0.3 is 21.1 Å². The van der Waals surface area contributed by atoms with E-state index in [0.717, 1.165) is 24.4 Å². The average Bonchev–Trinajstić information content (AvgIpc) is 3.12. The molecule has 124 valence electrons. The molecule has 4 N–H and O–H groups in total. The van der Waals surface area contributed by atoms with E-state index < -0.39 is 0 Å². The molecule has 0 aliphatic heterocycles. The zero-order valence-corrected chi connectivity index (χ0v) is 14.1. The first-order valence-electron chi connectivity index (χ1n) is 7.54. The fraction of sp³-hybridized carbons (Fsp3) is 0.176. The summed E-state index contributed by atoms with van der Waals surface area (Å²) in [6.07, 6.45) is 2.41. The molecule has 0 aliphatic rings. The van der Waals surface area contributed by atoms with Crippen molar-refractivity contribution in [1.29, 1.82) is 0 Å². The first-order chi connectivity index (χ1) is 11.8. The monoisotopic (exact) mass is 341 g/mol. The van der Waals surface area contributed by atoms with Crippen LogP contribution in [0.3, 0.4) is 0 Å². The molecule has 0 saturated carbocycles. The highest BCUT2D eigenvalue weighted by Gasteiger charge is 2.10. The van der Waals surface area contributed by atoms with Crippen molar-refractivity contribution < 1.29 is 4.74 Å². The maximum atomic E-state index is 6.19. The van der Waals surface area contributed by atoms with Crippen LogP contribution in [0.25, 0.3) is 0 Å². The Kier molecular flexibility index (Phi) is 5.12. The number of thiophene rings is 1. The fourth-order valence-electron chi connectivity index (χ4n) is 2.27. The van der Waals surface area contributed by atoms with E-state index in [2.05, 4.69) is 32.0 Å². The molecule has 6 nitrogen and oxygen atoms in total. The SMILES string of the molecule is COc1ccccc1Nc1ncnc(NCCc2cccs2)c1N. The van der Waals surface area contributed by atoms with Gasteiger partial charge in [0.1, 0.15) is 17.8 Å². The number of hydrogen-bond acceptors (Lipinski definition) is 7. The number of rotatable bonds is 7. The maximum absolute atomic E-state index is 6.19. The Labute approximate surface area is 144 Å². The topological polar surface area (TPSA) is 85.1 Å². The zero-order chi connectivity index (χ0) is 16.8. The molecule has 0 atom stereocenters. The van der Waals surface area contributed by atoms with Crippen LogP contribution >= 0.6 is 11.3 Å². The Morgan fingerprint density at radius 2 is 1.96 bits per heavy atom. The van der Waals surface area contributed by atoms with Gasteiger partial charge in [0.2, 0.25) is 0 Å². The summed E-state index contributed by atoms with van der Waals surface area (Å²) in [5.41, 5.74) is 7.48. The predicted molar refractivity (Wildman–Crippen MR) is 99.2 cm³/mol. The van der Waals surface area contributed by atoms with Gasteiger partial charge >= 0.3 is 0 Å². The summed E-state index contributed by atoms with van der Waals surface area (Å²) in [5, 5.41) is 8.54. The van der Waals surface area contributed by atoms with Crippen LogP contribution in [-0.2, 0) is 6.42 Å². The van der Waals surface area contributed by atoms with Crippen molar-refractivity contribution >= 4 is 34.3 Å². The second-order valence-electron chi connectivity index (χ2n) is 5.07. The lowest BCUT2D eigenvalue weighted by atomic mass is 10.3. The first kappa shape index (κ1) is 16.1. The number of para-hydroxylation sites is 2. The number of methoxy groups -OCH3 is 1. The van der Waals surface area contributed by atoms with Crippen LogP contribution in [0.15, 0.2) is 48.1 Å². The molecule has 0 radical (unpaired) electrons. The van der Waals surface area contributed by atoms with Gasteiger partial charge in [-0.1, -0.05) is 18.2 Å². The lowest BCUT2D eigenvalue weighted by molar-refractivity contribution is 0.417. The molecule has 0 saturated heterocycles. The number of aromatic nitrogens is 2. The fourth-order valence-corrected chi connectivity index (χ4v) is 2.98. The van der Waals surface area contributed by atoms with Crippen molar-refractivity contribution in [2.45, 2.75) is 6.42 Å². The van der Waals surface area contributed by atoms with E-state index >= 15 is 0 Å². The Morgan fingerprint density at radius 3 is 2.75 bits per heavy atom. The molecular weight excluding hydrogens is 322 g/mol. The Hall–Kier alpha value is -2.80. The van der Waals surface area contributed by atoms with Gasteiger partial charge in [-0.2, -0.15) is 0 Å². The molecule has 1 aromatic carbocycles. The minimum atomic E-state index is 0.481. The smallest absolute Gasteiger partial charge is 0.159 e. The van der Waals surface area contributed by atoms with Gasteiger partial charge in [0.25, 0.3) is 0 Å². The normalized spacial score (nSPS) is 10.4. The summed E-state index contributed by atoms with van der Waals surface area (Å²) in [6, 6.07) is 11.8. The number of anilines is 4. The Bertz CT molecular complexity index is 791. The van der Waals surface area contributed by atoms with Crippen molar-refractivity contribution in [3.63, 3.8) is 0 Å². The summed E-state index contributed by atoms with van der Waals surface area (Å²) in [4.78, 5) is 9.78. The van der Waals surface area contributed by atoms with Crippen LogP contribution in [0.1, 0.15) is 4.88 Å². The van der Waals surface area contributed by atoms with Gasteiger partial charge in [0.05, 0.1) is 12.8 Å². The number of nitrogen functional groups attached to an aromatic ring is 1. The van der Waals surface area contributed by atoms with Gasteiger partial charge in [0, 0.05) is 11.4 Å². The van der Waals surface area contributed by atoms with E-state index in [0.29, 0.717) is 17.3 Å². The third-order valence-corrected chi connectivity index (χ3v) is 4.42. The van der Waals surface area contributed by atoms with Crippen molar-refractivity contribution in [1.82, 2.24) is 9.97 Å². The highest BCUT2D eigenvalue weighted by molar-refractivity contribution is 7.09. The summed E-state index contributed by atoms with van der Waals surface area (Å²) < 4.78 is 5.33. The molecule has 2 aromatic heterocycles. The number of nitrogens with two attached hydrogens (primary N) is 1. The van der Waals surface area contributed by atoms with Crippen LogP contribution in [0.4, 0.5) is 23.0 Å².